The zero-order valence-corrected chi connectivity index (χ0v) is 14.0. The van der Waals surface area contributed by atoms with E-state index in [9.17, 15) is 10.1 Å². The first-order valence-corrected chi connectivity index (χ1v) is 8.00. The molecule has 0 aliphatic carbocycles. The van der Waals surface area contributed by atoms with Gasteiger partial charge in [0.15, 0.2) is 17.3 Å². The number of nitro benzene ring substituents is 1. The summed E-state index contributed by atoms with van der Waals surface area (Å²) in [4.78, 5) is 19.6. The molecule has 0 atom stereocenters. The van der Waals surface area contributed by atoms with Gasteiger partial charge in [-0.2, -0.15) is 0 Å². The first kappa shape index (κ1) is 16.0. The molecule has 0 amide bonds. The fourth-order valence-corrected chi connectivity index (χ4v) is 2.76. The van der Waals surface area contributed by atoms with Gasteiger partial charge >= 0.3 is 0 Å². The van der Waals surface area contributed by atoms with Crippen molar-refractivity contribution in [2.24, 2.45) is 4.99 Å². The number of halogens is 1. The van der Waals surface area contributed by atoms with Crippen LogP contribution in [0.2, 0.25) is 5.02 Å². The maximum Gasteiger partial charge on any atom is 0.288 e. The molecule has 0 fully saturated rings. The number of nitro groups is 1. The second kappa shape index (κ2) is 6.45. The minimum Gasteiger partial charge on any atom is -0.463 e. The molecule has 1 aromatic carbocycles. The number of nitrogens with zero attached hydrogens (tertiary/aromatic N) is 4. The zero-order chi connectivity index (χ0) is 18.1. The van der Waals surface area contributed by atoms with Crippen molar-refractivity contribution in [2.45, 2.75) is 0 Å². The van der Waals surface area contributed by atoms with Crippen molar-refractivity contribution in [1.29, 1.82) is 0 Å². The molecule has 26 heavy (non-hydrogen) atoms. The van der Waals surface area contributed by atoms with Crippen LogP contribution >= 0.6 is 11.6 Å². The van der Waals surface area contributed by atoms with E-state index in [1.165, 1.54) is 18.3 Å². The molecule has 0 saturated heterocycles. The van der Waals surface area contributed by atoms with E-state index in [0.717, 1.165) is 0 Å². The highest BCUT2D eigenvalue weighted by molar-refractivity contribution is 6.32. The first-order chi connectivity index (χ1) is 12.6. The number of hydrogen-bond donors (Lipinski definition) is 0. The Balaban J connectivity index is 1.82. The van der Waals surface area contributed by atoms with E-state index >= 15 is 0 Å². The number of aromatic nitrogens is 2. The Morgan fingerprint density at radius 2 is 2.12 bits per heavy atom. The number of pyridine rings is 1. The molecule has 0 N–H and O–H groups in total. The minimum absolute atomic E-state index is 0.0817. The summed E-state index contributed by atoms with van der Waals surface area (Å²) in [5.41, 5.74) is 1.69. The van der Waals surface area contributed by atoms with Crippen LogP contribution in [0.4, 0.5) is 11.5 Å². The number of imidazole rings is 1. The van der Waals surface area contributed by atoms with Crippen molar-refractivity contribution < 1.29 is 9.34 Å². The fraction of sp³-hybridized carbons (Fsp3) is 0. The van der Waals surface area contributed by atoms with Gasteiger partial charge in [-0.05, 0) is 35.9 Å². The van der Waals surface area contributed by atoms with E-state index in [1.807, 2.05) is 28.8 Å². The SMILES string of the molecule is O=[N+]([O-])c1cc(/C=N/c2c(-c3ccco3)nc3ccccn23)ccc1Cl. The second-order valence-corrected chi connectivity index (χ2v) is 5.82. The lowest BCUT2D eigenvalue weighted by molar-refractivity contribution is -0.384. The maximum absolute atomic E-state index is 11.0. The Labute approximate surface area is 152 Å². The Hall–Kier alpha value is -3.45. The number of aliphatic imine (C=N–C) groups is 1. The van der Waals surface area contributed by atoms with Crippen LogP contribution < -0.4 is 0 Å². The van der Waals surface area contributed by atoms with Crippen molar-refractivity contribution in [2.75, 3.05) is 0 Å². The lowest BCUT2D eigenvalue weighted by atomic mass is 10.2. The topological polar surface area (TPSA) is 85.9 Å². The number of fused-ring (bicyclic) bond motifs is 1. The van der Waals surface area contributed by atoms with E-state index in [-0.39, 0.29) is 10.7 Å². The van der Waals surface area contributed by atoms with Gasteiger partial charge < -0.3 is 4.42 Å². The van der Waals surface area contributed by atoms with Gasteiger partial charge in [0.05, 0.1) is 11.2 Å². The molecular formula is C18H11ClN4O3. The van der Waals surface area contributed by atoms with Crippen molar-refractivity contribution >= 4 is 35.0 Å². The highest BCUT2D eigenvalue weighted by atomic mass is 35.5. The summed E-state index contributed by atoms with van der Waals surface area (Å²) in [6, 6.07) is 13.7. The standard InChI is InChI=1S/C18H11ClN4O3/c19-13-7-6-12(10-14(13)23(24)25)11-20-18-17(15-4-3-9-26-15)21-16-5-1-2-8-22(16)18/h1-11H/b20-11+. The summed E-state index contributed by atoms with van der Waals surface area (Å²) in [7, 11) is 0. The van der Waals surface area contributed by atoms with Crippen molar-refractivity contribution in [3.63, 3.8) is 0 Å². The van der Waals surface area contributed by atoms with Gasteiger partial charge in [0.1, 0.15) is 10.7 Å². The Morgan fingerprint density at radius 1 is 1.23 bits per heavy atom. The summed E-state index contributed by atoms with van der Waals surface area (Å²) in [6.07, 6.45) is 4.94. The van der Waals surface area contributed by atoms with Gasteiger partial charge in [-0.3, -0.25) is 14.5 Å². The van der Waals surface area contributed by atoms with Gasteiger partial charge in [-0.15, -0.1) is 0 Å². The Kier molecular flexibility index (Phi) is 3.98. The molecule has 0 bridgehead atoms. The number of benzene rings is 1. The average molecular weight is 367 g/mol. The van der Waals surface area contributed by atoms with Crippen LogP contribution in [-0.4, -0.2) is 20.5 Å². The number of rotatable bonds is 4. The number of hydrogen-bond acceptors (Lipinski definition) is 5. The van der Waals surface area contributed by atoms with Gasteiger partial charge in [-0.25, -0.2) is 9.98 Å². The summed E-state index contributed by atoms with van der Waals surface area (Å²) >= 11 is 5.85. The summed E-state index contributed by atoms with van der Waals surface area (Å²) in [5.74, 6) is 1.15. The van der Waals surface area contributed by atoms with E-state index in [4.69, 9.17) is 16.0 Å². The van der Waals surface area contributed by atoms with Crippen LogP contribution in [0, 0.1) is 10.1 Å². The molecule has 0 aliphatic heterocycles. The highest BCUT2D eigenvalue weighted by Crippen LogP contribution is 2.31. The van der Waals surface area contributed by atoms with E-state index in [2.05, 4.69) is 9.98 Å². The number of furan rings is 1. The predicted octanol–water partition coefficient (Wildman–Crippen LogP) is 4.91. The Morgan fingerprint density at radius 3 is 2.88 bits per heavy atom. The van der Waals surface area contributed by atoms with Crippen molar-refractivity contribution in [3.05, 3.63) is 81.7 Å². The van der Waals surface area contributed by atoms with Gasteiger partial charge in [0.25, 0.3) is 5.69 Å². The maximum atomic E-state index is 11.0. The zero-order valence-electron chi connectivity index (χ0n) is 13.2. The third-order valence-corrected chi connectivity index (χ3v) is 4.08. The van der Waals surface area contributed by atoms with Crippen LogP contribution in [0.1, 0.15) is 5.56 Å². The molecule has 0 spiro atoms. The van der Waals surface area contributed by atoms with E-state index in [0.29, 0.717) is 28.5 Å². The molecule has 7 nitrogen and oxygen atoms in total. The van der Waals surface area contributed by atoms with Gasteiger partial charge in [-0.1, -0.05) is 23.7 Å². The van der Waals surface area contributed by atoms with Gasteiger partial charge in [0.2, 0.25) is 0 Å². The van der Waals surface area contributed by atoms with E-state index < -0.39 is 4.92 Å². The normalized spacial score (nSPS) is 11.4. The third kappa shape index (κ3) is 2.84. The predicted molar refractivity (Wildman–Crippen MR) is 98.3 cm³/mol. The monoisotopic (exact) mass is 366 g/mol. The van der Waals surface area contributed by atoms with Crippen LogP contribution in [0.3, 0.4) is 0 Å². The molecule has 0 saturated carbocycles. The quantitative estimate of drug-likeness (QED) is 0.292. The second-order valence-electron chi connectivity index (χ2n) is 5.42. The van der Waals surface area contributed by atoms with Crippen LogP contribution in [-0.2, 0) is 0 Å². The summed E-state index contributed by atoms with van der Waals surface area (Å²) in [6.45, 7) is 0. The molecule has 4 aromatic rings. The largest absolute Gasteiger partial charge is 0.463 e. The molecular weight excluding hydrogens is 356 g/mol. The van der Waals surface area contributed by atoms with Crippen molar-refractivity contribution in [1.82, 2.24) is 9.38 Å². The smallest absolute Gasteiger partial charge is 0.288 e. The highest BCUT2D eigenvalue weighted by Gasteiger charge is 2.16. The van der Waals surface area contributed by atoms with Crippen LogP contribution in [0.15, 0.2) is 70.4 Å². The molecule has 8 heteroatoms. The van der Waals surface area contributed by atoms with E-state index in [1.54, 1.807) is 24.5 Å². The van der Waals surface area contributed by atoms with Crippen LogP contribution in [0.25, 0.3) is 17.1 Å². The summed E-state index contributed by atoms with van der Waals surface area (Å²) in [5, 5.41) is 11.1. The molecule has 0 radical (unpaired) electrons. The fourth-order valence-electron chi connectivity index (χ4n) is 2.57. The molecule has 0 unspecified atom stereocenters. The average Bonchev–Trinajstić information content (AvgIpc) is 3.28. The Bertz CT molecular complexity index is 1130. The molecule has 4 rings (SSSR count). The van der Waals surface area contributed by atoms with Crippen molar-refractivity contribution in [3.8, 4) is 11.5 Å². The molecule has 128 valence electrons. The minimum atomic E-state index is -0.526. The molecule has 3 aromatic heterocycles. The molecule has 3 heterocycles. The first-order valence-electron chi connectivity index (χ1n) is 7.62. The lowest BCUT2D eigenvalue weighted by Gasteiger charge is -1.99. The summed E-state index contributed by atoms with van der Waals surface area (Å²) < 4.78 is 7.27. The van der Waals surface area contributed by atoms with Gasteiger partial charge in [0, 0.05) is 18.5 Å². The third-order valence-electron chi connectivity index (χ3n) is 3.76. The molecule has 0 aliphatic rings. The van der Waals surface area contributed by atoms with Crippen LogP contribution in [0.5, 0.6) is 0 Å². The lowest BCUT2D eigenvalue weighted by Crippen LogP contribution is -1.91.